The first-order valence-corrected chi connectivity index (χ1v) is 6.63. The first kappa shape index (κ1) is 12.7. The zero-order valence-corrected chi connectivity index (χ0v) is 11.3. The van der Waals surface area contributed by atoms with Crippen molar-refractivity contribution in [1.82, 2.24) is 4.90 Å². The van der Waals surface area contributed by atoms with Crippen LogP contribution in [0.15, 0.2) is 24.3 Å². The molecule has 1 fully saturated rings. The van der Waals surface area contributed by atoms with Crippen molar-refractivity contribution >= 4 is 11.6 Å². The maximum absolute atomic E-state index is 5.82. The normalized spacial score (nSPS) is 17.2. The summed E-state index contributed by atoms with van der Waals surface area (Å²) in [7, 11) is 2.17. The summed E-state index contributed by atoms with van der Waals surface area (Å²) in [4.78, 5) is 2.38. The molecule has 2 nitrogen and oxygen atoms in total. The van der Waals surface area contributed by atoms with E-state index in [1.54, 1.807) is 0 Å². The highest BCUT2D eigenvalue weighted by Gasteiger charge is 2.30. The molecule has 0 saturated heterocycles. The Kier molecular flexibility index (Phi) is 4.30. The Bertz CT molecular complexity index is 348. The summed E-state index contributed by atoms with van der Waals surface area (Å²) >= 11 is 5.82. The van der Waals surface area contributed by atoms with E-state index < -0.39 is 0 Å². The molecule has 2 rings (SSSR count). The van der Waals surface area contributed by atoms with Crippen molar-refractivity contribution in [3.63, 3.8) is 0 Å². The van der Waals surface area contributed by atoms with Gasteiger partial charge in [-0.2, -0.15) is 0 Å². The van der Waals surface area contributed by atoms with Crippen LogP contribution in [0.3, 0.4) is 0 Å². The lowest BCUT2D eigenvalue weighted by molar-refractivity contribution is 0.186. The van der Waals surface area contributed by atoms with Crippen molar-refractivity contribution in [1.29, 1.82) is 0 Å². The third-order valence-electron chi connectivity index (χ3n) is 3.53. The lowest BCUT2D eigenvalue weighted by Crippen LogP contribution is -2.34. The molecule has 0 aliphatic heterocycles. The van der Waals surface area contributed by atoms with Gasteiger partial charge in [0, 0.05) is 17.6 Å². The third kappa shape index (κ3) is 3.90. The highest BCUT2D eigenvalue weighted by molar-refractivity contribution is 6.30. The molecule has 17 heavy (non-hydrogen) atoms. The van der Waals surface area contributed by atoms with Gasteiger partial charge in [0.1, 0.15) is 12.4 Å². The molecule has 0 amide bonds. The fourth-order valence-corrected chi connectivity index (χ4v) is 2.11. The third-order valence-corrected chi connectivity index (χ3v) is 3.78. The molecule has 0 spiro atoms. The molecule has 1 aromatic rings. The summed E-state index contributed by atoms with van der Waals surface area (Å²) in [6.45, 7) is 4.01. The van der Waals surface area contributed by atoms with Crippen molar-refractivity contribution in [2.24, 2.45) is 5.92 Å². The summed E-state index contributed by atoms with van der Waals surface area (Å²) in [5.41, 5.74) is 0. The van der Waals surface area contributed by atoms with Gasteiger partial charge in [-0.15, -0.1) is 0 Å². The van der Waals surface area contributed by atoms with E-state index in [-0.39, 0.29) is 0 Å². The fourth-order valence-electron chi connectivity index (χ4n) is 1.98. The molecule has 0 radical (unpaired) electrons. The van der Waals surface area contributed by atoms with E-state index in [1.165, 1.54) is 12.8 Å². The molecule has 94 valence electrons. The van der Waals surface area contributed by atoms with Crippen LogP contribution in [0.25, 0.3) is 0 Å². The molecular weight excluding hydrogens is 234 g/mol. The van der Waals surface area contributed by atoms with Gasteiger partial charge in [-0.05, 0) is 57.0 Å². The van der Waals surface area contributed by atoms with E-state index in [9.17, 15) is 0 Å². The number of likely N-dealkylation sites (N-methyl/N-ethyl adjacent to an activating group) is 1. The molecule has 1 aliphatic rings. The molecule has 0 heterocycles. The highest BCUT2D eigenvalue weighted by atomic mass is 35.5. The number of hydrogen-bond acceptors (Lipinski definition) is 2. The van der Waals surface area contributed by atoms with Crippen LogP contribution in [0.5, 0.6) is 5.75 Å². The van der Waals surface area contributed by atoms with Crippen LogP contribution in [0.2, 0.25) is 5.02 Å². The standard InChI is InChI=1S/C14H20ClNO/c1-11(12-3-4-12)16(2)9-10-17-14-7-5-13(15)6-8-14/h5-8,11-12H,3-4,9-10H2,1-2H3. The minimum atomic E-state index is 0.684. The number of halogens is 1. The molecule has 1 saturated carbocycles. The Morgan fingerprint density at radius 2 is 2.00 bits per heavy atom. The fraction of sp³-hybridized carbons (Fsp3) is 0.571. The maximum Gasteiger partial charge on any atom is 0.119 e. The van der Waals surface area contributed by atoms with Gasteiger partial charge < -0.3 is 9.64 Å². The number of nitrogens with zero attached hydrogens (tertiary/aromatic N) is 1. The Morgan fingerprint density at radius 1 is 1.35 bits per heavy atom. The Morgan fingerprint density at radius 3 is 2.59 bits per heavy atom. The number of rotatable bonds is 6. The Labute approximate surface area is 109 Å². The topological polar surface area (TPSA) is 12.5 Å². The van der Waals surface area contributed by atoms with Crippen LogP contribution < -0.4 is 4.74 Å². The monoisotopic (exact) mass is 253 g/mol. The van der Waals surface area contributed by atoms with Crippen molar-refractivity contribution < 1.29 is 4.74 Å². The number of benzene rings is 1. The van der Waals surface area contributed by atoms with Crippen LogP contribution in [0.1, 0.15) is 19.8 Å². The van der Waals surface area contributed by atoms with Crippen molar-refractivity contribution in [3.05, 3.63) is 29.3 Å². The largest absolute Gasteiger partial charge is 0.492 e. The second-order valence-electron chi connectivity index (χ2n) is 4.86. The molecule has 1 aliphatic carbocycles. The predicted molar refractivity (Wildman–Crippen MR) is 71.8 cm³/mol. The summed E-state index contributed by atoms with van der Waals surface area (Å²) in [6, 6.07) is 8.21. The molecule has 0 N–H and O–H groups in total. The molecule has 0 bridgehead atoms. The molecular formula is C14H20ClNO. The lowest BCUT2D eigenvalue weighted by Gasteiger charge is -2.24. The molecule has 1 atom stereocenters. The van der Waals surface area contributed by atoms with Crippen LogP contribution in [0, 0.1) is 5.92 Å². The minimum absolute atomic E-state index is 0.684. The first-order chi connectivity index (χ1) is 8.16. The molecule has 1 unspecified atom stereocenters. The van der Waals surface area contributed by atoms with Gasteiger partial charge in [-0.3, -0.25) is 0 Å². The minimum Gasteiger partial charge on any atom is -0.492 e. The highest BCUT2D eigenvalue weighted by Crippen LogP contribution is 2.34. The van der Waals surface area contributed by atoms with Gasteiger partial charge in [-0.25, -0.2) is 0 Å². The van der Waals surface area contributed by atoms with E-state index in [4.69, 9.17) is 16.3 Å². The van der Waals surface area contributed by atoms with E-state index in [0.717, 1.165) is 29.8 Å². The zero-order valence-electron chi connectivity index (χ0n) is 10.5. The van der Waals surface area contributed by atoms with Crippen molar-refractivity contribution in [2.45, 2.75) is 25.8 Å². The van der Waals surface area contributed by atoms with E-state index in [0.29, 0.717) is 6.04 Å². The van der Waals surface area contributed by atoms with Gasteiger partial charge >= 0.3 is 0 Å². The van der Waals surface area contributed by atoms with Crippen molar-refractivity contribution in [3.8, 4) is 5.75 Å². The molecule has 1 aromatic carbocycles. The van der Waals surface area contributed by atoms with Gasteiger partial charge in [0.05, 0.1) is 0 Å². The van der Waals surface area contributed by atoms with E-state index in [2.05, 4.69) is 18.9 Å². The SMILES string of the molecule is CC(C1CC1)N(C)CCOc1ccc(Cl)cc1. The zero-order chi connectivity index (χ0) is 12.3. The van der Waals surface area contributed by atoms with Gasteiger partial charge in [0.15, 0.2) is 0 Å². The first-order valence-electron chi connectivity index (χ1n) is 6.25. The summed E-state index contributed by atoms with van der Waals surface area (Å²) in [5.74, 6) is 1.80. The van der Waals surface area contributed by atoms with Crippen LogP contribution in [-0.2, 0) is 0 Å². The smallest absolute Gasteiger partial charge is 0.119 e. The van der Waals surface area contributed by atoms with Crippen LogP contribution in [-0.4, -0.2) is 31.1 Å². The molecule has 3 heteroatoms. The van der Waals surface area contributed by atoms with E-state index >= 15 is 0 Å². The summed E-state index contributed by atoms with van der Waals surface area (Å²) < 4.78 is 5.68. The average Bonchev–Trinajstić information content (AvgIpc) is 3.14. The number of hydrogen-bond donors (Lipinski definition) is 0. The summed E-state index contributed by atoms with van der Waals surface area (Å²) in [6.07, 6.45) is 2.78. The van der Waals surface area contributed by atoms with Crippen LogP contribution in [0.4, 0.5) is 0 Å². The maximum atomic E-state index is 5.82. The summed E-state index contributed by atoms with van der Waals surface area (Å²) in [5, 5.41) is 0.747. The van der Waals surface area contributed by atoms with Crippen molar-refractivity contribution in [2.75, 3.05) is 20.2 Å². The Balaban J connectivity index is 1.69. The quantitative estimate of drug-likeness (QED) is 0.770. The predicted octanol–water partition coefficient (Wildman–Crippen LogP) is 3.45. The average molecular weight is 254 g/mol. The lowest BCUT2D eigenvalue weighted by atomic mass is 10.2. The van der Waals surface area contributed by atoms with Crippen LogP contribution >= 0.6 is 11.6 Å². The van der Waals surface area contributed by atoms with Gasteiger partial charge in [0.25, 0.3) is 0 Å². The van der Waals surface area contributed by atoms with Gasteiger partial charge in [0.2, 0.25) is 0 Å². The second-order valence-corrected chi connectivity index (χ2v) is 5.30. The number of ether oxygens (including phenoxy) is 1. The van der Waals surface area contributed by atoms with E-state index in [1.807, 2.05) is 24.3 Å². The second kappa shape index (κ2) is 5.74. The Hall–Kier alpha value is -0.730. The molecule has 0 aromatic heterocycles. The van der Waals surface area contributed by atoms with Gasteiger partial charge in [-0.1, -0.05) is 11.6 Å².